The predicted octanol–water partition coefficient (Wildman–Crippen LogP) is 4.76. The zero-order valence-electron chi connectivity index (χ0n) is 16.9. The smallest absolute Gasteiger partial charge is 0.278 e. The molecule has 0 fully saturated rings. The van der Waals surface area contributed by atoms with Crippen molar-refractivity contribution in [1.82, 2.24) is 4.90 Å². The van der Waals surface area contributed by atoms with Gasteiger partial charge in [0.1, 0.15) is 5.70 Å². The van der Waals surface area contributed by atoms with Crippen molar-refractivity contribution in [1.29, 1.82) is 0 Å². The first kappa shape index (κ1) is 21.3. The molecule has 0 aliphatic carbocycles. The van der Waals surface area contributed by atoms with Gasteiger partial charge in [-0.2, -0.15) is 0 Å². The molecule has 0 saturated carbocycles. The number of aryl methyl sites for hydroxylation is 1. The molecule has 0 aromatic heterocycles. The molecule has 0 radical (unpaired) electrons. The van der Waals surface area contributed by atoms with Gasteiger partial charge in [-0.25, -0.2) is 0 Å². The Labute approximate surface area is 179 Å². The fraction of sp³-hybridized carbons (Fsp3) is 0.304. The zero-order valence-corrected chi connectivity index (χ0v) is 18.5. The van der Waals surface area contributed by atoms with Gasteiger partial charge in [0, 0.05) is 23.3 Å². The Balaban J connectivity index is 1.90. The third kappa shape index (κ3) is 5.14. The van der Waals surface area contributed by atoms with E-state index >= 15 is 0 Å². The Hall–Kier alpha value is -2.44. The van der Waals surface area contributed by atoms with E-state index in [4.69, 9.17) is 4.74 Å². The number of carbonyl (C=O) groups excluding carboxylic acids is 2. The molecule has 2 aromatic carbocycles. The SMILES string of the molecule is Cc1ccc(C2=C(Nc3cccc(Br)c3)C(=O)N(CCCOC(C)C)C2=O)cc1. The number of ether oxygens (including phenoxy) is 1. The van der Waals surface area contributed by atoms with Gasteiger partial charge in [0.05, 0.1) is 11.7 Å². The van der Waals surface area contributed by atoms with E-state index in [9.17, 15) is 9.59 Å². The molecule has 5 nitrogen and oxygen atoms in total. The van der Waals surface area contributed by atoms with Crippen molar-refractivity contribution in [3.8, 4) is 0 Å². The normalized spacial score (nSPS) is 14.3. The molecule has 2 amide bonds. The number of carbonyl (C=O) groups is 2. The van der Waals surface area contributed by atoms with E-state index in [0.717, 1.165) is 21.3 Å². The highest BCUT2D eigenvalue weighted by atomic mass is 79.9. The summed E-state index contributed by atoms with van der Waals surface area (Å²) in [5.74, 6) is -0.587. The lowest BCUT2D eigenvalue weighted by molar-refractivity contribution is -0.137. The van der Waals surface area contributed by atoms with E-state index < -0.39 is 0 Å². The van der Waals surface area contributed by atoms with Crippen molar-refractivity contribution in [2.24, 2.45) is 0 Å². The highest BCUT2D eigenvalue weighted by Gasteiger charge is 2.38. The molecule has 1 aliphatic rings. The van der Waals surface area contributed by atoms with Crippen molar-refractivity contribution in [3.05, 3.63) is 69.8 Å². The van der Waals surface area contributed by atoms with Gasteiger partial charge in [-0.15, -0.1) is 0 Å². The van der Waals surface area contributed by atoms with Crippen LogP contribution in [0.2, 0.25) is 0 Å². The highest BCUT2D eigenvalue weighted by Crippen LogP contribution is 2.31. The summed E-state index contributed by atoms with van der Waals surface area (Å²) in [6, 6.07) is 15.2. The molecule has 2 aromatic rings. The number of nitrogens with one attached hydrogen (secondary N) is 1. The Morgan fingerprint density at radius 1 is 1.07 bits per heavy atom. The Bertz CT molecular complexity index is 935. The van der Waals surface area contributed by atoms with Crippen LogP contribution in [0.25, 0.3) is 5.57 Å². The molecule has 1 aliphatic heterocycles. The van der Waals surface area contributed by atoms with E-state index in [0.29, 0.717) is 30.8 Å². The summed E-state index contributed by atoms with van der Waals surface area (Å²) in [7, 11) is 0. The predicted molar refractivity (Wildman–Crippen MR) is 118 cm³/mol. The lowest BCUT2D eigenvalue weighted by Gasteiger charge is -2.16. The standard InChI is InChI=1S/C23H25BrN2O3/c1-15(2)29-13-5-12-26-22(27)20(17-10-8-16(3)9-11-17)21(23(26)28)25-19-7-4-6-18(24)14-19/h4,6-11,14-15,25H,5,12-13H2,1-3H3. The van der Waals surface area contributed by atoms with Crippen LogP contribution in [0.5, 0.6) is 0 Å². The second-order valence-corrected chi connectivity index (χ2v) is 8.20. The van der Waals surface area contributed by atoms with E-state index in [1.807, 2.05) is 69.3 Å². The number of nitrogens with zero attached hydrogens (tertiary/aromatic N) is 1. The van der Waals surface area contributed by atoms with Crippen molar-refractivity contribution >= 4 is 39.0 Å². The summed E-state index contributed by atoms with van der Waals surface area (Å²) in [6.45, 7) is 6.74. The first-order chi connectivity index (χ1) is 13.9. The van der Waals surface area contributed by atoms with Gasteiger partial charge in [0.2, 0.25) is 0 Å². The van der Waals surface area contributed by atoms with Gasteiger partial charge < -0.3 is 10.1 Å². The highest BCUT2D eigenvalue weighted by molar-refractivity contribution is 9.10. The summed E-state index contributed by atoms with van der Waals surface area (Å²) in [4.78, 5) is 27.6. The molecule has 3 rings (SSSR count). The summed E-state index contributed by atoms with van der Waals surface area (Å²) in [5.41, 5.74) is 3.27. The second kappa shape index (κ2) is 9.37. The molecule has 29 heavy (non-hydrogen) atoms. The van der Waals surface area contributed by atoms with Crippen LogP contribution in [-0.4, -0.2) is 36.0 Å². The van der Waals surface area contributed by atoms with Crippen molar-refractivity contribution in [2.75, 3.05) is 18.5 Å². The van der Waals surface area contributed by atoms with Crippen LogP contribution >= 0.6 is 15.9 Å². The van der Waals surface area contributed by atoms with E-state index in [1.54, 1.807) is 0 Å². The fourth-order valence-corrected chi connectivity index (χ4v) is 3.53. The first-order valence-electron chi connectivity index (χ1n) is 9.68. The summed E-state index contributed by atoms with van der Waals surface area (Å²) < 4.78 is 6.44. The molecule has 0 spiro atoms. The van der Waals surface area contributed by atoms with Gasteiger partial charge in [-0.3, -0.25) is 14.5 Å². The maximum atomic E-state index is 13.2. The maximum absolute atomic E-state index is 13.2. The molecule has 0 unspecified atom stereocenters. The van der Waals surface area contributed by atoms with Crippen LogP contribution < -0.4 is 5.32 Å². The summed E-state index contributed by atoms with van der Waals surface area (Å²) in [6.07, 6.45) is 0.719. The van der Waals surface area contributed by atoms with Crippen molar-refractivity contribution < 1.29 is 14.3 Å². The lowest BCUT2D eigenvalue weighted by Crippen LogP contribution is -2.34. The molecule has 0 saturated heterocycles. The molecule has 152 valence electrons. The molecular formula is C23H25BrN2O3. The number of imide groups is 1. The number of hydrogen-bond acceptors (Lipinski definition) is 4. The Kier molecular flexibility index (Phi) is 6.87. The third-order valence-corrected chi connectivity index (χ3v) is 5.07. The van der Waals surface area contributed by atoms with Gasteiger partial charge in [0.25, 0.3) is 11.8 Å². The van der Waals surface area contributed by atoms with Crippen LogP contribution in [0.1, 0.15) is 31.4 Å². The molecule has 1 heterocycles. The Morgan fingerprint density at radius 2 is 1.79 bits per heavy atom. The first-order valence-corrected chi connectivity index (χ1v) is 10.5. The summed E-state index contributed by atoms with van der Waals surface area (Å²) >= 11 is 3.44. The third-order valence-electron chi connectivity index (χ3n) is 4.58. The lowest BCUT2D eigenvalue weighted by atomic mass is 10.0. The largest absolute Gasteiger partial charge is 0.379 e. The fourth-order valence-electron chi connectivity index (χ4n) is 3.14. The zero-order chi connectivity index (χ0) is 21.0. The topological polar surface area (TPSA) is 58.6 Å². The minimum atomic E-state index is -0.310. The van der Waals surface area contributed by atoms with E-state index in [-0.39, 0.29) is 17.9 Å². The number of amides is 2. The van der Waals surface area contributed by atoms with E-state index in [2.05, 4.69) is 21.2 Å². The number of benzene rings is 2. The molecular weight excluding hydrogens is 432 g/mol. The quantitative estimate of drug-likeness (QED) is 0.459. The molecule has 0 bridgehead atoms. The van der Waals surface area contributed by atoms with Gasteiger partial charge in [-0.05, 0) is 51.0 Å². The van der Waals surface area contributed by atoms with Gasteiger partial charge in [0.15, 0.2) is 0 Å². The Morgan fingerprint density at radius 3 is 2.45 bits per heavy atom. The number of rotatable bonds is 8. The number of halogens is 1. The van der Waals surface area contributed by atoms with Crippen LogP contribution in [0, 0.1) is 6.92 Å². The molecule has 0 atom stereocenters. The monoisotopic (exact) mass is 456 g/mol. The maximum Gasteiger partial charge on any atom is 0.278 e. The van der Waals surface area contributed by atoms with Crippen LogP contribution in [-0.2, 0) is 14.3 Å². The average molecular weight is 457 g/mol. The average Bonchev–Trinajstić information content (AvgIpc) is 2.90. The van der Waals surface area contributed by atoms with Crippen LogP contribution in [0.4, 0.5) is 5.69 Å². The number of hydrogen-bond donors (Lipinski definition) is 1. The number of anilines is 1. The van der Waals surface area contributed by atoms with E-state index in [1.165, 1.54) is 4.90 Å². The van der Waals surface area contributed by atoms with Crippen molar-refractivity contribution in [2.45, 2.75) is 33.3 Å². The van der Waals surface area contributed by atoms with Gasteiger partial charge >= 0.3 is 0 Å². The van der Waals surface area contributed by atoms with Gasteiger partial charge in [-0.1, -0.05) is 51.8 Å². The molecule has 1 N–H and O–H groups in total. The van der Waals surface area contributed by atoms with Crippen LogP contribution in [0.15, 0.2) is 58.7 Å². The minimum absolute atomic E-state index is 0.120. The molecule has 6 heteroatoms. The van der Waals surface area contributed by atoms with Crippen LogP contribution in [0.3, 0.4) is 0 Å². The minimum Gasteiger partial charge on any atom is -0.379 e. The second-order valence-electron chi connectivity index (χ2n) is 7.29. The van der Waals surface area contributed by atoms with Crippen molar-refractivity contribution in [3.63, 3.8) is 0 Å². The summed E-state index contributed by atoms with van der Waals surface area (Å²) in [5, 5.41) is 3.17.